The standard InChI is InChI=1S/C14H17N3O3S/c1-3-14(18)15-11-6-8-12(9-7-11)21(19,20)16-13-5-4-10-17(13)2/h3,6-9H,1,4-5,10H2,2H3,(H,15,18)/b16-13-. The van der Waals surface area contributed by atoms with E-state index in [0.717, 1.165) is 19.0 Å². The van der Waals surface area contributed by atoms with Gasteiger partial charge in [-0.15, -0.1) is 4.40 Å². The van der Waals surface area contributed by atoms with E-state index in [-0.39, 0.29) is 10.8 Å². The van der Waals surface area contributed by atoms with E-state index in [1.54, 1.807) is 0 Å². The number of hydrogen-bond acceptors (Lipinski definition) is 3. The molecule has 0 aliphatic carbocycles. The van der Waals surface area contributed by atoms with Crippen molar-refractivity contribution < 1.29 is 13.2 Å². The molecule has 7 heteroatoms. The van der Waals surface area contributed by atoms with Gasteiger partial charge in [0.1, 0.15) is 5.84 Å². The highest BCUT2D eigenvalue weighted by Gasteiger charge is 2.20. The normalized spacial score (nSPS) is 17.0. The molecule has 1 aromatic rings. The Balaban J connectivity index is 2.21. The van der Waals surface area contributed by atoms with Crippen LogP contribution in [0.3, 0.4) is 0 Å². The molecule has 1 amide bonds. The zero-order valence-electron chi connectivity index (χ0n) is 11.7. The quantitative estimate of drug-likeness (QED) is 0.857. The van der Waals surface area contributed by atoms with Gasteiger partial charge in [0.05, 0.1) is 4.90 Å². The number of benzene rings is 1. The van der Waals surface area contributed by atoms with Crippen LogP contribution in [0, 0.1) is 0 Å². The smallest absolute Gasteiger partial charge is 0.283 e. The molecule has 0 unspecified atom stereocenters. The van der Waals surface area contributed by atoms with Gasteiger partial charge < -0.3 is 10.2 Å². The molecule has 0 aromatic heterocycles. The predicted octanol–water partition coefficient (Wildman–Crippen LogP) is 1.62. The third kappa shape index (κ3) is 3.69. The highest BCUT2D eigenvalue weighted by molar-refractivity contribution is 7.90. The first-order valence-electron chi connectivity index (χ1n) is 6.51. The van der Waals surface area contributed by atoms with Gasteiger partial charge >= 0.3 is 0 Å². The van der Waals surface area contributed by atoms with Crippen molar-refractivity contribution in [1.29, 1.82) is 0 Å². The van der Waals surface area contributed by atoms with Crippen molar-refractivity contribution >= 4 is 27.5 Å². The van der Waals surface area contributed by atoms with Crippen LogP contribution >= 0.6 is 0 Å². The van der Waals surface area contributed by atoms with Crippen LogP contribution in [0.4, 0.5) is 5.69 Å². The molecule has 2 rings (SSSR count). The third-order valence-corrected chi connectivity index (χ3v) is 4.48. The zero-order chi connectivity index (χ0) is 15.5. The summed E-state index contributed by atoms with van der Waals surface area (Å²) in [7, 11) is -1.89. The number of anilines is 1. The Morgan fingerprint density at radius 2 is 2.05 bits per heavy atom. The number of amidine groups is 1. The topological polar surface area (TPSA) is 78.8 Å². The van der Waals surface area contributed by atoms with Crippen molar-refractivity contribution in [3.8, 4) is 0 Å². The summed E-state index contributed by atoms with van der Waals surface area (Å²) in [5, 5.41) is 2.55. The molecule has 0 atom stereocenters. The van der Waals surface area contributed by atoms with Crippen molar-refractivity contribution in [2.75, 3.05) is 18.9 Å². The number of sulfonamides is 1. The molecule has 1 fully saturated rings. The van der Waals surface area contributed by atoms with Crippen LogP contribution in [0.25, 0.3) is 0 Å². The van der Waals surface area contributed by atoms with Gasteiger partial charge in [0.2, 0.25) is 5.91 Å². The van der Waals surface area contributed by atoms with Gasteiger partial charge in [-0.2, -0.15) is 8.42 Å². The Labute approximate surface area is 124 Å². The van der Waals surface area contributed by atoms with Gasteiger partial charge in [0, 0.05) is 25.7 Å². The SMILES string of the molecule is C=CC(=O)Nc1ccc(S(=O)(=O)/N=C2/CCCN2C)cc1. The van der Waals surface area contributed by atoms with E-state index in [9.17, 15) is 13.2 Å². The minimum atomic E-state index is -3.71. The van der Waals surface area contributed by atoms with Gasteiger partial charge in [-0.25, -0.2) is 0 Å². The van der Waals surface area contributed by atoms with Crippen LogP contribution < -0.4 is 5.32 Å². The Morgan fingerprint density at radius 3 is 2.57 bits per heavy atom. The molecule has 1 saturated heterocycles. The molecule has 1 heterocycles. The van der Waals surface area contributed by atoms with E-state index >= 15 is 0 Å². The van der Waals surface area contributed by atoms with E-state index in [0.29, 0.717) is 17.9 Å². The van der Waals surface area contributed by atoms with Gasteiger partial charge in [-0.1, -0.05) is 6.58 Å². The summed E-state index contributed by atoms with van der Waals surface area (Å²) >= 11 is 0. The van der Waals surface area contributed by atoms with Crippen molar-refractivity contribution in [2.45, 2.75) is 17.7 Å². The second-order valence-corrected chi connectivity index (χ2v) is 6.33. The second kappa shape index (κ2) is 6.09. The lowest BCUT2D eigenvalue weighted by Crippen LogP contribution is -2.20. The predicted molar refractivity (Wildman–Crippen MR) is 81.8 cm³/mol. The molecule has 0 bridgehead atoms. The second-order valence-electron chi connectivity index (χ2n) is 4.73. The van der Waals surface area contributed by atoms with Gasteiger partial charge in [-0.05, 0) is 36.8 Å². The minimum absolute atomic E-state index is 0.104. The maximum absolute atomic E-state index is 12.2. The van der Waals surface area contributed by atoms with E-state index in [1.165, 1.54) is 24.3 Å². The summed E-state index contributed by atoms with van der Waals surface area (Å²) in [4.78, 5) is 13.1. The van der Waals surface area contributed by atoms with E-state index in [1.807, 2.05) is 11.9 Å². The fraction of sp³-hybridized carbons (Fsp3) is 0.286. The molecule has 21 heavy (non-hydrogen) atoms. The van der Waals surface area contributed by atoms with E-state index in [2.05, 4.69) is 16.3 Å². The lowest BCUT2D eigenvalue weighted by atomic mass is 10.3. The van der Waals surface area contributed by atoms with Crippen molar-refractivity contribution in [2.24, 2.45) is 4.40 Å². The Hall–Kier alpha value is -2.15. The molecular formula is C14H17N3O3S. The number of rotatable bonds is 4. The maximum Gasteiger partial charge on any atom is 0.283 e. The average Bonchev–Trinajstić information content (AvgIpc) is 2.84. The minimum Gasteiger partial charge on any atom is -0.362 e. The van der Waals surface area contributed by atoms with Gasteiger partial charge in [0.15, 0.2) is 0 Å². The zero-order valence-corrected chi connectivity index (χ0v) is 12.6. The van der Waals surface area contributed by atoms with E-state index < -0.39 is 10.0 Å². The first-order chi connectivity index (χ1) is 9.92. The number of hydrogen-bond donors (Lipinski definition) is 1. The number of carbonyl (C=O) groups is 1. The average molecular weight is 307 g/mol. The summed E-state index contributed by atoms with van der Waals surface area (Å²) in [6.45, 7) is 4.17. The molecule has 0 spiro atoms. The van der Waals surface area contributed by atoms with E-state index in [4.69, 9.17) is 0 Å². The Bertz CT molecular complexity index is 678. The van der Waals surface area contributed by atoms with Crippen molar-refractivity contribution in [3.05, 3.63) is 36.9 Å². The van der Waals surface area contributed by atoms with Crippen LogP contribution in [0.5, 0.6) is 0 Å². The van der Waals surface area contributed by atoms with Crippen LogP contribution in [0.1, 0.15) is 12.8 Å². The fourth-order valence-electron chi connectivity index (χ4n) is 2.00. The van der Waals surface area contributed by atoms with Crippen LogP contribution in [0.2, 0.25) is 0 Å². The summed E-state index contributed by atoms with van der Waals surface area (Å²) in [5.74, 6) is 0.234. The number of nitrogens with one attached hydrogen (secondary N) is 1. The Kier molecular flexibility index (Phi) is 4.42. The van der Waals surface area contributed by atoms with Crippen LogP contribution in [-0.4, -0.2) is 38.7 Å². The lowest BCUT2D eigenvalue weighted by Gasteiger charge is -2.11. The fourth-order valence-corrected chi connectivity index (χ4v) is 3.10. The largest absolute Gasteiger partial charge is 0.362 e. The first kappa shape index (κ1) is 15.2. The number of likely N-dealkylation sites (tertiary alicyclic amines) is 1. The highest BCUT2D eigenvalue weighted by atomic mass is 32.2. The molecule has 1 aromatic carbocycles. The molecule has 1 aliphatic rings. The van der Waals surface area contributed by atoms with Gasteiger partial charge in [-0.3, -0.25) is 4.79 Å². The lowest BCUT2D eigenvalue weighted by molar-refractivity contribution is -0.111. The summed E-state index contributed by atoms with van der Waals surface area (Å²) in [6, 6.07) is 5.89. The van der Waals surface area contributed by atoms with Crippen LogP contribution in [0.15, 0.2) is 46.2 Å². The van der Waals surface area contributed by atoms with Crippen molar-refractivity contribution in [3.63, 3.8) is 0 Å². The number of nitrogens with zero attached hydrogens (tertiary/aromatic N) is 2. The van der Waals surface area contributed by atoms with Gasteiger partial charge in [0.25, 0.3) is 10.0 Å². The highest BCUT2D eigenvalue weighted by Crippen LogP contribution is 2.19. The monoisotopic (exact) mass is 307 g/mol. The van der Waals surface area contributed by atoms with Crippen LogP contribution in [-0.2, 0) is 14.8 Å². The summed E-state index contributed by atoms with van der Waals surface area (Å²) in [5.41, 5.74) is 0.504. The molecule has 6 nitrogen and oxygen atoms in total. The molecular weight excluding hydrogens is 290 g/mol. The first-order valence-corrected chi connectivity index (χ1v) is 7.95. The summed E-state index contributed by atoms with van der Waals surface area (Å²) in [6.07, 6.45) is 2.73. The number of carbonyl (C=O) groups excluding carboxylic acids is 1. The maximum atomic E-state index is 12.2. The Morgan fingerprint density at radius 1 is 1.38 bits per heavy atom. The molecule has 1 aliphatic heterocycles. The number of amides is 1. The van der Waals surface area contributed by atoms with Crippen molar-refractivity contribution in [1.82, 2.24) is 4.90 Å². The summed E-state index contributed by atoms with van der Waals surface area (Å²) < 4.78 is 28.3. The molecule has 0 radical (unpaired) electrons. The third-order valence-electron chi connectivity index (χ3n) is 3.17. The molecule has 0 saturated carbocycles. The molecule has 112 valence electrons. The molecule has 1 N–H and O–H groups in total.